The lowest BCUT2D eigenvalue weighted by Crippen LogP contribution is -2.18. The maximum Gasteiger partial charge on any atom is 0.274 e. The molecule has 1 aliphatic rings. The molecule has 0 spiro atoms. The molecule has 126 valence electrons. The maximum atomic E-state index is 12.2. The monoisotopic (exact) mass is 356 g/mol. The molecule has 0 atom stereocenters. The van der Waals surface area contributed by atoms with Gasteiger partial charge in [-0.2, -0.15) is 0 Å². The number of hydrogen-bond donors (Lipinski definition) is 2. The second-order valence-electron chi connectivity index (χ2n) is 5.45. The van der Waals surface area contributed by atoms with Crippen LogP contribution in [0.2, 0.25) is 5.02 Å². The van der Waals surface area contributed by atoms with E-state index in [1.165, 1.54) is 0 Å². The summed E-state index contributed by atoms with van der Waals surface area (Å²) in [7, 11) is 0. The van der Waals surface area contributed by atoms with E-state index in [1.807, 2.05) is 12.1 Å². The molecule has 0 radical (unpaired) electrons. The second-order valence-corrected chi connectivity index (χ2v) is 5.88. The van der Waals surface area contributed by atoms with Crippen molar-refractivity contribution in [1.29, 1.82) is 0 Å². The molecule has 0 fully saturated rings. The smallest absolute Gasteiger partial charge is 0.274 e. The summed E-state index contributed by atoms with van der Waals surface area (Å²) in [5.74, 6) is 1.58. The van der Waals surface area contributed by atoms with Gasteiger partial charge in [0.05, 0.1) is 0 Å². The largest absolute Gasteiger partial charge is 0.454 e. The molecule has 25 heavy (non-hydrogen) atoms. The van der Waals surface area contributed by atoms with Gasteiger partial charge in [0.25, 0.3) is 5.56 Å². The molecule has 4 rings (SSSR count). The predicted molar refractivity (Wildman–Crippen MR) is 92.8 cm³/mol. The summed E-state index contributed by atoms with van der Waals surface area (Å²) >= 11 is 5.86. The minimum absolute atomic E-state index is 0.203. The van der Waals surface area contributed by atoms with E-state index in [1.54, 1.807) is 30.3 Å². The van der Waals surface area contributed by atoms with Crippen LogP contribution < -0.4 is 20.3 Å². The number of hydrogen-bond acceptors (Lipinski definition) is 6. The SMILES string of the molecule is O=c1[nH]c(Nc2ccc3c(c2)OCO3)nnc1Cc1ccc(Cl)cc1. The van der Waals surface area contributed by atoms with E-state index in [4.69, 9.17) is 21.1 Å². The second kappa shape index (κ2) is 6.45. The highest BCUT2D eigenvalue weighted by Crippen LogP contribution is 2.34. The van der Waals surface area contributed by atoms with Crippen LogP contribution in [0.5, 0.6) is 11.5 Å². The molecule has 8 heteroatoms. The average Bonchev–Trinajstić information content (AvgIpc) is 3.07. The highest BCUT2D eigenvalue weighted by molar-refractivity contribution is 6.30. The summed E-state index contributed by atoms with van der Waals surface area (Å²) in [6, 6.07) is 12.6. The summed E-state index contributed by atoms with van der Waals surface area (Å²) < 4.78 is 10.6. The zero-order chi connectivity index (χ0) is 17.2. The average molecular weight is 357 g/mol. The van der Waals surface area contributed by atoms with Crippen molar-refractivity contribution < 1.29 is 9.47 Å². The molecule has 2 N–H and O–H groups in total. The molecule has 0 unspecified atom stereocenters. The van der Waals surface area contributed by atoms with Crippen molar-refractivity contribution in [3.05, 3.63) is 69.1 Å². The number of aromatic nitrogens is 3. The summed E-state index contributed by atoms with van der Waals surface area (Å²) in [4.78, 5) is 14.9. The fraction of sp³-hybridized carbons (Fsp3) is 0.118. The van der Waals surface area contributed by atoms with Gasteiger partial charge in [0.1, 0.15) is 5.69 Å². The first-order valence-electron chi connectivity index (χ1n) is 7.54. The maximum absolute atomic E-state index is 12.2. The van der Waals surface area contributed by atoms with Crippen molar-refractivity contribution in [2.24, 2.45) is 0 Å². The van der Waals surface area contributed by atoms with E-state index in [9.17, 15) is 4.79 Å². The Hall–Kier alpha value is -3.06. The van der Waals surface area contributed by atoms with Crippen LogP contribution in [0.3, 0.4) is 0 Å². The number of benzene rings is 2. The predicted octanol–water partition coefficient (Wildman–Crippen LogP) is 2.88. The Morgan fingerprint density at radius 2 is 1.88 bits per heavy atom. The number of nitrogens with zero attached hydrogens (tertiary/aromatic N) is 2. The van der Waals surface area contributed by atoms with E-state index >= 15 is 0 Å². The molecule has 0 aliphatic carbocycles. The number of fused-ring (bicyclic) bond motifs is 1. The van der Waals surface area contributed by atoms with Crippen LogP contribution in [0, 0.1) is 0 Å². The van der Waals surface area contributed by atoms with Gasteiger partial charge in [-0.15, -0.1) is 10.2 Å². The van der Waals surface area contributed by atoms with Gasteiger partial charge in [0, 0.05) is 23.2 Å². The van der Waals surface area contributed by atoms with Crippen LogP contribution in [0.15, 0.2) is 47.3 Å². The Labute approximate surface area is 147 Å². The lowest BCUT2D eigenvalue weighted by atomic mass is 10.1. The molecule has 0 saturated heterocycles. The van der Waals surface area contributed by atoms with Gasteiger partial charge in [0.2, 0.25) is 12.7 Å². The highest BCUT2D eigenvalue weighted by Gasteiger charge is 2.14. The van der Waals surface area contributed by atoms with Crippen LogP contribution in [-0.4, -0.2) is 22.0 Å². The van der Waals surface area contributed by atoms with E-state index in [-0.39, 0.29) is 18.3 Å². The molecule has 0 saturated carbocycles. The Bertz CT molecular complexity index is 972. The number of ether oxygens (including phenoxy) is 2. The van der Waals surface area contributed by atoms with Gasteiger partial charge in [0.15, 0.2) is 11.5 Å². The molecule has 2 heterocycles. The molecular formula is C17H13ClN4O3. The first-order valence-corrected chi connectivity index (χ1v) is 7.92. The number of H-pyrrole nitrogens is 1. The third-order valence-corrected chi connectivity index (χ3v) is 3.94. The van der Waals surface area contributed by atoms with E-state index in [2.05, 4.69) is 20.5 Å². The van der Waals surface area contributed by atoms with Crippen molar-refractivity contribution >= 4 is 23.2 Å². The molecule has 3 aromatic rings. The van der Waals surface area contributed by atoms with Gasteiger partial charge in [-0.1, -0.05) is 23.7 Å². The first-order chi connectivity index (χ1) is 12.2. The molecule has 0 bridgehead atoms. The summed E-state index contributed by atoms with van der Waals surface area (Å²) in [6.45, 7) is 0.203. The normalized spacial score (nSPS) is 12.2. The molecule has 1 aromatic heterocycles. The fourth-order valence-corrected chi connectivity index (χ4v) is 2.56. The van der Waals surface area contributed by atoms with Gasteiger partial charge in [-0.25, -0.2) is 0 Å². The van der Waals surface area contributed by atoms with Crippen molar-refractivity contribution in [3.8, 4) is 11.5 Å². The summed E-state index contributed by atoms with van der Waals surface area (Å²) in [5.41, 5.74) is 1.67. The Morgan fingerprint density at radius 1 is 1.08 bits per heavy atom. The van der Waals surface area contributed by atoms with Gasteiger partial charge >= 0.3 is 0 Å². The standard InChI is InChI=1S/C17H13ClN4O3/c18-11-3-1-10(2-4-11)7-13-16(23)20-17(22-21-13)19-12-5-6-14-15(8-12)25-9-24-14/h1-6,8H,7,9H2,(H2,19,20,22,23). The number of anilines is 2. The number of aromatic amines is 1. The van der Waals surface area contributed by atoms with Gasteiger partial charge < -0.3 is 14.8 Å². The number of halogens is 1. The lowest BCUT2D eigenvalue weighted by Gasteiger charge is -2.06. The highest BCUT2D eigenvalue weighted by atomic mass is 35.5. The third-order valence-electron chi connectivity index (χ3n) is 3.68. The van der Waals surface area contributed by atoms with Crippen molar-refractivity contribution in [2.75, 3.05) is 12.1 Å². The van der Waals surface area contributed by atoms with Gasteiger partial charge in [-0.3, -0.25) is 9.78 Å². The Balaban J connectivity index is 1.51. The molecule has 0 amide bonds. The lowest BCUT2D eigenvalue weighted by molar-refractivity contribution is 0.174. The Kier molecular flexibility index (Phi) is 3.99. The van der Waals surface area contributed by atoms with Gasteiger partial charge in [-0.05, 0) is 29.8 Å². The molecule has 1 aliphatic heterocycles. The van der Waals surface area contributed by atoms with Crippen molar-refractivity contribution in [2.45, 2.75) is 6.42 Å². The number of rotatable bonds is 4. The summed E-state index contributed by atoms with van der Waals surface area (Å²) in [6.07, 6.45) is 0.379. The third kappa shape index (κ3) is 3.41. The van der Waals surface area contributed by atoms with Crippen molar-refractivity contribution in [3.63, 3.8) is 0 Å². The zero-order valence-electron chi connectivity index (χ0n) is 13.0. The van der Waals surface area contributed by atoms with E-state index < -0.39 is 0 Å². The molecular weight excluding hydrogens is 344 g/mol. The zero-order valence-corrected chi connectivity index (χ0v) is 13.7. The summed E-state index contributed by atoms with van der Waals surface area (Å²) in [5, 5.41) is 11.7. The van der Waals surface area contributed by atoms with Crippen LogP contribution >= 0.6 is 11.6 Å². The topological polar surface area (TPSA) is 89.1 Å². The number of nitrogens with one attached hydrogen (secondary N) is 2. The quantitative estimate of drug-likeness (QED) is 0.747. The van der Waals surface area contributed by atoms with Crippen LogP contribution in [0.1, 0.15) is 11.3 Å². The van der Waals surface area contributed by atoms with Crippen LogP contribution in [0.25, 0.3) is 0 Å². The van der Waals surface area contributed by atoms with E-state index in [0.717, 1.165) is 5.56 Å². The minimum atomic E-state index is -0.298. The molecule has 7 nitrogen and oxygen atoms in total. The van der Waals surface area contributed by atoms with E-state index in [0.29, 0.717) is 34.3 Å². The Morgan fingerprint density at radius 3 is 2.68 bits per heavy atom. The minimum Gasteiger partial charge on any atom is -0.454 e. The fourth-order valence-electron chi connectivity index (χ4n) is 2.44. The van der Waals surface area contributed by atoms with Crippen LogP contribution in [0.4, 0.5) is 11.6 Å². The van der Waals surface area contributed by atoms with Crippen molar-refractivity contribution in [1.82, 2.24) is 15.2 Å². The first kappa shape index (κ1) is 15.5. The molecule has 2 aromatic carbocycles. The van der Waals surface area contributed by atoms with Crippen LogP contribution in [-0.2, 0) is 6.42 Å².